The zero-order chi connectivity index (χ0) is 14.3. The number of hydrogen-bond donors (Lipinski definition) is 0. The van der Waals surface area contributed by atoms with Gasteiger partial charge in [-0.05, 0) is 38.5 Å². The van der Waals surface area contributed by atoms with E-state index in [1.165, 1.54) is 0 Å². The third-order valence-electron chi connectivity index (χ3n) is 3.57. The van der Waals surface area contributed by atoms with E-state index >= 15 is 0 Å². The van der Waals surface area contributed by atoms with Crippen LogP contribution in [0.2, 0.25) is 0 Å². The molecule has 19 heavy (non-hydrogen) atoms. The average Bonchev–Trinajstić information content (AvgIpc) is 2.38. The second-order valence-electron chi connectivity index (χ2n) is 5.66. The van der Waals surface area contributed by atoms with E-state index in [2.05, 4.69) is 13.8 Å². The highest BCUT2D eigenvalue weighted by atomic mass is 16.5. The van der Waals surface area contributed by atoms with E-state index in [0.717, 1.165) is 25.7 Å². The van der Waals surface area contributed by atoms with Crippen LogP contribution in [0, 0.1) is 17.8 Å². The molecule has 0 radical (unpaired) electrons. The van der Waals surface area contributed by atoms with Crippen molar-refractivity contribution in [2.45, 2.75) is 52.9 Å². The molecule has 2 atom stereocenters. The predicted octanol–water partition coefficient (Wildman–Crippen LogP) is 2.95. The molecule has 0 N–H and O–H groups in total. The van der Waals surface area contributed by atoms with Gasteiger partial charge in [-0.25, -0.2) is 0 Å². The zero-order valence-corrected chi connectivity index (χ0v) is 12.3. The molecule has 4 nitrogen and oxygen atoms in total. The van der Waals surface area contributed by atoms with Crippen molar-refractivity contribution in [2.24, 2.45) is 17.8 Å². The van der Waals surface area contributed by atoms with Crippen molar-refractivity contribution in [1.29, 1.82) is 0 Å². The summed E-state index contributed by atoms with van der Waals surface area (Å²) in [6, 6.07) is 0. The molecule has 0 aromatic heterocycles. The summed E-state index contributed by atoms with van der Waals surface area (Å²) in [5, 5.41) is 0. The summed E-state index contributed by atoms with van der Waals surface area (Å²) in [7, 11) is 0. The predicted molar refractivity (Wildman–Crippen MR) is 72.5 cm³/mol. The fourth-order valence-corrected chi connectivity index (χ4v) is 2.39. The molecule has 110 valence electrons. The Morgan fingerprint density at radius 3 is 2.21 bits per heavy atom. The lowest BCUT2D eigenvalue weighted by Gasteiger charge is -2.26. The Labute approximate surface area is 115 Å². The Kier molecular flexibility index (Phi) is 6.89. The van der Waals surface area contributed by atoms with E-state index in [9.17, 15) is 9.59 Å². The normalized spacial score (nSPS) is 23.2. The molecule has 0 heterocycles. The molecule has 0 spiro atoms. The second kappa shape index (κ2) is 8.18. The third kappa shape index (κ3) is 5.62. The van der Waals surface area contributed by atoms with E-state index in [0.29, 0.717) is 25.6 Å². The summed E-state index contributed by atoms with van der Waals surface area (Å²) in [6.07, 6.45) is 4.03. The first-order valence-corrected chi connectivity index (χ1v) is 7.37. The van der Waals surface area contributed by atoms with Crippen LogP contribution in [0.15, 0.2) is 0 Å². The van der Waals surface area contributed by atoms with E-state index in [1.807, 2.05) is 0 Å². The highest BCUT2D eigenvalue weighted by molar-refractivity contribution is 5.76. The van der Waals surface area contributed by atoms with Gasteiger partial charge < -0.3 is 9.47 Å². The van der Waals surface area contributed by atoms with Crippen LogP contribution >= 0.6 is 0 Å². The maximum atomic E-state index is 11.9. The maximum absolute atomic E-state index is 11.9. The molecule has 0 saturated heterocycles. The van der Waals surface area contributed by atoms with Crippen LogP contribution in [0.5, 0.6) is 0 Å². The van der Waals surface area contributed by atoms with Gasteiger partial charge in [-0.15, -0.1) is 0 Å². The maximum Gasteiger partial charge on any atom is 0.308 e. The fraction of sp³-hybridized carbons (Fsp3) is 0.867. The molecule has 1 aliphatic rings. The molecule has 0 aromatic carbocycles. The third-order valence-corrected chi connectivity index (χ3v) is 3.57. The van der Waals surface area contributed by atoms with Crippen molar-refractivity contribution in [1.82, 2.24) is 0 Å². The van der Waals surface area contributed by atoms with Crippen molar-refractivity contribution in [3.63, 3.8) is 0 Å². The van der Waals surface area contributed by atoms with Crippen LogP contribution in [-0.2, 0) is 19.1 Å². The van der Waals surface area contributed by atoms with E-state index < -0.39 is 0 Å². The Morgan fingerprint density at radius 1 is 1.11 bits per heavy atom. The van der Waals surface area contributed by atoms with Crippen LogP contribution < -0.4 is 0 Å². The minimum atomic E-state index is -0.165. The first-order valence-electron chi connectivity index (χ1n) is 7.37. The van der Waals surface area contributed by atoms with Gasteiger partial charge in [0.25, 0.3) is 0 Å². The molecule has 0 aliphatic heterocycles. The monoisotopic (exact) mass is 270 g/mol. The lowest BCUT2D eigenvalue weighted by molar-refractivity contribution is -0.154. The van der Waals surface area contributed by atoms with Crippen LogP contribution in [0.1, 0.15) is 52.9 Å². The first kappa shape index (κ1) is 16.0. The molecule has 0 amide bonds. The molecular weight excluding hydrogens is 244 g/mol. The quantitative estimate of drug-likeness (QED) is 0.696. The molecule has 1 aliphatic carbocycles. The molecule has 1 rings (SSSR count). The molecule has 4 heteroatoms. The summed E-state index contributed by atoms with van der Waals surface area (Å²) in [4.78, 5) is 23.6. The van der Waals surface area contributed by atoms with Gasteiger partial charge >= 0.3 is 11.9 Å². The summed E-state index contributed by atoms with van der Waals surface area (Å²) >= 11 is 0. The van der Waals surface area contributed by atoms with Gasteiger partial charge in [-0.1, -0.05) is 20.3 Å². The fourth-order valence-electron chi connectivity index (χ4n) is 2.39. The zero-order valence-electron chi connectivity index (χ0n) is 12.3. The molecule has 0 bridgehead atoms. The van der Waals surface area contributed by atoms with Crippen molar-refractivity contribution in [3.8, 4) is 0 Å². The molecule has 0 aromatic rings. The lowest BCUT2D eigenvalue weighted by atomic mass is 9.81. The van der Waals surface area contributed by atoms with E-state index in [1.54, 1.807) is 6.92 Å². The van der Waals surface area contributed by atoms with Gasteiger partial charge in [0.05, 0.1) is 25.0 Å². The van der Waals surface area contributed by atoms with Crippen molar-refractivity contribution in [2.75, 3.05) is 13.2 Å². The van der Waals surface area contributed by atoms with Gasteiger partial charge in [0.1, 0.15) is 0 Å². The number of ether oxygens (including phenoxy) is 2. The summed E-state index contributed by atoms with van der Waals surface area (Å²) in [6.45, 7) is 6.89. The first-order chi connectivity index (χ1) is 9.04. The Bertz CT molecular complexity index is 299. The van der Waals surface area contributed by atoms with Crippen LogP contribution in [-0.4, -0.2) is 25.2 Å². The van der Waals surface area contributed by atoms with Gasteiger partial charge in [-0.3, -0.25) is 9.59 Å². The number of esters is 2. The van der Waals surface area contributed by atoms with Crippen molar-refractivity contribution >= 4 is 11.9 Å². The topological polar surface area (TPSA) is 52.6 Å². The summed E-state index contributed by atoms with van der Waals surface area (Å²) < 4.78 is 10.3. The number of hydrogen-bond acceptors (Lipinski definition) is 4. The second-order valence-corrected chi connectivity index (χ2v) is 5.66. The SMILES string of the molecule is CCOC(=O)C1CCCC(C(=O)OCCC(C)C)C1. The highest BCUT2D eigenvalue weighted by Gasteiger charge is 2.32. The number of carbonyl (C=O) groups excluding carboxylic acids is 2. The van der Waals surface area contributed by atoms with Crippen molar-refractivity contribution < 1.29 is 19.1 Å². The largest absolute Gasteiger partial charge is 0.466 e. The van der Waals surface area contributed by atoms with Gasteiger partial charge in [0.15, 0.2) is 0 Å². The van der Waals surface area contributed by atoms with Crippen LogP contribution in [0.3, 0.4) is 0 Å². The van der Waals surface area contributed by atoms with Gasteiger partial charge in [-0.2, -0.15) is 0 Å². The molecule has 2 unspecified atom stereocenters. The summed E-state index contributed by atoms with van der Waals surface area (Å²) in [5.41, 5.74) is 0. The van der Waals surface area contributed by atoms with Crippen LogP contribution in [0.25, 0.3) is 0 Å². The Morgan fingerprint density at radius 2 is 1.68 bits per heavy atom. The number of carbonyl (C=O) groups is 2. The highest BCUT2D eigenvalue weighted by Crippen LogP contribution is 2.30. The smallest absolute Gasteiger partial charge is 0.308 e. The average molecular weight is 270 g/mol. The lowest BCUT2D eigenvalue weighted by Crippen LogP contribution is -2.30. The molecular formula is C15H26O4. The molecule has 1 saturated carbocycles. The number of rotatable bonds is 6. The van der Waals surface area contributed by atoms with E-state index in [4.69, 9.17) is 9.47 Å². The molecule has 1 fully saturated rings. The summed E-state index contributed by atoms with van der Waals surface area (Å²) in [5.74, 6) is -0.0325. The minimum Gasteiger partial charge on any atom is -0.466 e. The van der Waals surface area contributed by atoms with Gasteiger partial charge in [0, 0.05) is 0 Å². The van der Waals surface area contributed by atoms with Crippen LogP contribution in [0.4, 0.5) is 0 Å². The standard InChI is InChI=1S/C15H26O4/c1-4-18-14(16)12-6-5-7-13(10-12)15(17)19-9-8-11(2)3/h11-13H,4-10H2,1-3H3. The van der Waals surface area contributed by atoms with Gasteiger partial charge in [0.2, 0.25) is 0 Å². The Hall–Kier alpha value is -1.06. The minimum absolute atomic E-state index is 0.128. The van der Waals surface area contributed by atoms with Crippen molar-refractivity contribution in [3.05, 3.63) is 0 Å². The Balaban J connectivity index is 2.37. The van der Waals surface area contributed by atoms with E-state index in [-0.39, 0.29) is 23.8 Å².